The first-order chi connectivity index (χ1) is 11.0. The van der Waals surface area contributed by atoms with E-state index in [1.807, 2.05) is 42.5 Å². The SMILES string of the molecule is Nc1nc(Cl)c(Br)c(NCC(O)c2ccc3ccccc3c2)n1. The second-order valence-corrected chi connectivity index (χ2v) is 6.19. The van der Waals surface area contributed by atoms with Gasteiger partial charge >= 0.3 is 0 Å². The third-order valence-electron chi connectivity index (χ3n) is 3.45. The van der Waals surface area contributed by atoms with E-state index >= 15 is 0 Å². The lowest BCUT2D eigenvalue weighted by molar-refractivity contribution is 0.191. The minimum absolute atomic E-state index is 0.0703. The van der Waals surface area contributed by atoms with Crippen LogP contribution in [0.4, 0.5) is 11.8 Å². The van der Waals surface area contributed by atoms with Crippen molar-refractivity contribution in [1.29, 1.82) is 0 Å². The van der Waals surface area contributed by atoms with Crippen molar-refractivity contribution in [3.63, 3.8) is 0 Å². The molecule has 5 nitrogen and oxygen atoms in total. The van der Waals surface area contributed by atoms with E-state index in [9.17, 15) is 5.11 Å². The number of aromatic nitrogens is 2. The summed E-state index contributed by atoms with van der Waals surface area (Å²) in [5.74, 6) is 0.517. The number of aliphatic hydroxyl groups excluding tert-OH is 1. The molecule has 3 rings (SSSR count). The van der Waals surface area contributed by atoms with Gasteiger partial charge in [0.2, 0.25) is 5.95 Å². The van der Waals surface area contributed by atoms with Crippen molar-refractivity contribution in [2.45, 2.75) is 6.10 Å². The molecule has 1 heterocycles. The first-order valence-corrected chi connectivity index (χ1v) is 8.11. The van der Waals surface area contributed by atoms with Gasteiger partial charge in [0, 0.05) is 6.54 Å². The summed E-state index contributed by atoms with van der Waals surface area (Å²) in [5, 5.41) is 15.9. The van der Waals surface area contributed by atoms with Gasteiger partial charge < -0.3 is 16.2 Å². The first-order valence-electron chi connectivity index (χ1n) is 6.94. The molecule has 3 aromatic rings. The van der Waals surface area contributed by atoms with Gasteiger partial charge in [-0.05, 0) is 38.3 Å². The summed E-state index contributed by atoms with van der Waals surface area (Å²) in [7, 11) is 0. The highest BCUT2D eigenvalue weighted by Crippen LogP contribution is 2.28. The van der Waals surface area contributed by atoms with Crippen LogP contribution < -0.4 is 11.1 Å². The quantitative estimate of drug-likeness (QED) is 0.588. The highest BCUT2D eigenvalue weighted by Gasteiger charge is 2.12. The maximum absolute atomic E-state index is 10.4. The van der Waals surface area contributed by atoms with Crippen molar-refractivity contribution < 1.29 is 5.11 Å². The molecule has 0 spiro atoms. The predicted octanol–water partition coefficient (Wildman–Crippen LogP) is 3.77. The van der Waals surface area contributed by atoms with Gasteiger partial charge in [0.25, 0.3) is 0 Å². The van der Waals surface area contributed by atoms with Crippen LogP contribution in [0.1, 0.15) is 11.7 Å². The zero-order valence-electron chi connectivity index (χ0n) is 12.0. The van der Waals surface area contributed by atoms with Gasteiger partial charge in [-0.25, -0.2) is 0 Å². The molecule has 118 valence electrons. The summed E-state index contributed by atoms with van der Waals surface area (Å²) in [6.45, 7) is 0.268. The lowest BCUT2D eigenvalue weighted by atomic mass is 10.0. The number of benzene rings is 2. The number of nitrogens with zero attached hydrogens (tertiary/aromatic N) is 2. The Morgan fingerprint density at radius 3 is 2.70 bits per heavy atom. The van der Waals surface area contributed by atoms with Crippen molar-refractivity contribution in [2.75, 3.05) is 17.6 Å². The molecule has 23 heavy (non-hydrogen) atoms. The normalized spacial score (nSPS) is 12.3. The zero-order chi connectivity index (χ0) is 16.4. The molecule has 0 amide bonds. The Morgan fingerprint density at radius 2 is 1.91 bits per heavy atom. The second-order valence-electron chi connectivity index (χ2n) is 5.04. The Morgan fingerprint density at radius 1 is 1.17 bits per heavy atom. The van der Waals surface area contributed by atoms with Crippen LogP contribution in [0.2, 0.25) is 5.15 Å². The number of aliphatic hydroxyl groups is 1. The summed E-state index contributed by atoms with van der Waals surface area (Å²) in [6, 6.07) is 13.9. The van der Waals surface area contributed by atoms with Crippen LogP contribution >= 0.6 is 27.5 Å². The van der Waals surface area contributed by atoms with E-state index in [2.05, 4.69) is 31.2 Å². The summed E-state index contributed by atoms with van der Waals surface area (Å²) in [6.07, 6.45) is -0.693. The van der Waals surface area contributed by atoms with Crippen molar-refractivity contribution in [3.05, 3.63) is 57.7 Å². The van der Waals surface area contributed by atoms with Gasteiger partial charge in [0.1, 0.15) is 5.82 Å². The number of nitrogen functional groups attached to an aromatic ring is 1. The topological polar surface area (TPSA) is 84.1 Å². The summed E-state index contributed by atoms with van der Waals surface area (Å²) < 4.78 is 0.513. The molecule has 0 aliphatic heterocycles. The standard InChI is InChI=1S/C16H14BrClN4O/c17-13-14(18)21-16(19)22-15(13)20-8-12(23)11-6-5-9-3-1-2-4-10(9)7-11/h1-7,12,23H,8H2,(H3,19,20,21,22). The van der Waals surface area contributed by atoms with E-state index in [-0.39, 0.29) is 17.6 Å². The van der Waals surface area contributed by atoms with Gasteiger partial charge in [-0.15, -0.1) is 0 Å². The third kappa shape index (κ3) is 3.55. The van der Waals surface area contributed by atoms with E-state index in [0.717, 1.165) is 16.3 Å². The molecule has 2 aromatic carbocycles. The molecule has 0 aliphatic carbocycles. The van der Waals surface area contributed by atoms with Gasteiger partial charge in [0.05, 0.1) is 10.6 Å². The summed E-state index contributed by atoms with van der Waals surface area (Å²) in [5.41, 5.74) is 6.40. The zero-order valence-corrected chi connectivity index (χ0v) is 14.3. The van der Waals surface area contributed by atoms with E-state index < -0.39 is 6.10 Å². The molecular weight excluding hydrogens is 380 g/mol. The Kier molecular flexibility index (Phi) is 4.66. The van der Waals surface area contributed by atoms with Crippen LogP contribution in [-0.2, 0) is 0 Å². The average molecular weight is 394 g/mol. The molecule has 4 N–H and O–H groups in total. The van der Waals surface area contributed by atoms with Crippen LogP contribution in [0.15, 0.2) is 46.9 Å². The van der Waals surface area contributed by atoms with Crippen LogP contribution in [0.5, 0.6) is 0 Å². The fourth-order valence-corrected chi connectivity index (χ4v) is 2.77. The number of nitrogens with two attached hydrogens (primary N) is 1. The van der Waals surface area contributed by atoms with E-state index in [1.165, 1.54) is 0 Å². The Hall–Kier alpha value is -1.89. The monoisotopic (exact) mass is 392 g/mol. The maximum atomic E-state index is 10.4. The highest BCUT2D eigenvalue weighted by atomic mass is 79.9. The van der Waals surface area contributed by atoms with Gasteiger partial charge in [-0.2, -0.15) is 9.97 Å². The van der Waals surface area contributed by atoms with Crippen LogP contribution in [0.3, 0.4) is 0 Å². The van der Waals surface area contributed by atoms with Crippen LogP contribution in [0.25, 0.3) is 10.8 Å². The molecule has 1 atom stereocenters. The molecule has 0 bridgehead atoms. The first kappa shape index (κ1) is 16.0. The number of hydrogen-bond acceptors (Lipinski definition) is 5. The molecule has 0 saturated heterocycles. The smallest absolute Gasteiger partial charge is 0.223 e. The minimum Gasteiger partial charge on any atom is -0.387 e. The predicted molar refractivity (Wildman–Crippen MR) is 96.6 cm³/mol. The maximum Gasteiger partial charge on any atom is 0.223 e. The number of anilines is 2. The van der Waals surface area contributed by atoms with Gasteiger partial charge in [-0.3, -0.25) is 0 Å². The third-order valence-corrected chi connectivity index (χ3v) is 4.70. The number of rotatable bonds is 4. The Balaban J connectivity index is 1.77. The number of nitrogens with one attached hydrogen (secondary N) is 1. The van der Waals surface area contributed by atoms with Crippen molar-refractivity contribution in [1.82, 2.24) is 9.97 Å². The number of hydrogen-bond donors (Lipinski definition) is 3. The van der Waals surface area contributed by atoms with Crippen LogP contribution in [-0.4, -0.2) is 21.6 Å². The molecule has 0 aliphatic rings. The molecule has 7 heteroatoms. The van der Waals surface area contributed by atoms with Crippen LogP contribution in [0, 0.1) is 0 Å². The van der Waals surface area contributed by atoms with E-state index in [1.54, 1.807) is 0 Å². The minimum atomic E-state index is -0.693. The summed E-state index contributed by atoms with van der Waals surface area (Å²) >= 11 is 9.23. The molecule has 0 fully saturated rings. The molecule has 1 aromatic heterocycles. The van der Waals surface area contributed by atoms with E-state index in [0.29, 0.717) is 10.3 Å². The highest BCUT2D eigenvalue weighted by molar-refractivity contribution is 9.10. The number of halogens is 2. The van der Waals surface area contributed by atoms with E-state index in [4.69, 9.17) is 17.3 Å². The summed E-state index contributed by atoms with van der Waals surface area (Å²) in [4.78, 5) is 7.90. The molecule has 1 unspecified atom stereocenters. The fourth-order valence-electron chi connectivity index (χ4n) is 2.28. The van der Waals surface area contributed by atoms with Crippen molar-refractivity contribution in [2.24, 2.45) is 0 Å². The lowest BCUT2D eigenvalue weighted by Gasteiger charge is -2.14. The lowest BCUT2D eigenvalue weighted by Crippen LogP contribution is -2.14. The second kappa shape index (κ2) is 6.70. The molecular formula is C16H14BrClN4O. The van der Waals surface area contributed by atoms with Gasteiger partial charge in [0.15, 0.2) is 5.15 Å². The van der Waals surface area contributed by atoms with Crippen molar-refractivity contribution in [3.8, 4) is 0 Å². The fraction of sp³-hybridized carbons (Fsp3) is 0.125. The Labute approximate surface area is 146 Å². The largest absolute Gasteiger partial charge is 0.387 e. The van der Waals surface area contributed by atoms with Crippen molar-refractivity contribution >= 4 is 50.1 Å². The molecule has 0 radical (unpaired) electrons. The van der Waals surface area contributed by atoms with Gasteiger partial charge in [-0.1, -0.05) is 48.0 Å². The Bertz CT molecular complexity index is 859. The molecule has 0 saturated carbocycles. The average Bonchev–Trinajstić information content (AvgIpc) is 2.56. The number of fused-ring (bicyclic) bond motifs is 1.